The molecule has 0 N–H and O–H groups in total. The Kier molecular flexibility index (Phi) is 7.34. The van der Waals surface area contributed by atoms with Gasteiger partial charge < -0.3 is 19.3 Å². The maximum Gasteiger partial charge on any atom is 0.260 e. The first kappa shape index (κ1) is 22.5. The maximum atomic E-state index is 13.1. The number of aromatic nitrogens is 2. The summed E-state index contributed by atoms with van der Waals surface area (Å²) in [7, 11) is 0. The number of piperazine rings is 1. The smallest absolute Gasteiger partial charge is 0.260 e. The molecular weight excluding hydrogens is 423 g/mol. The Labute approximate surface area is 192 Å². The molecule has 1 amide bonds. The van der Waals surface area contributed by atoms with E-state index in [1.165, 1.54) is 12.1 Å². The van der Waals surface area contributed by atoms with E-state index in [9.17, 15) is 9.18 Å². The molecule has 1 saturated heterocycles. The topological polar surface area (TPSA) is 67.8 Å². The highest BCUT2D eigenvalue weighted by atomic mass is 19.1. The van der Waals surface area contributed by atoms with Gasteiger partial charge in [-0.2, -0.15) is 0 Å². The van der Waals surface area contributed by atoms with E-state index in [1.807, 2.05) is 36.4 Å². The van der Waals surface area contributed by atoms with Gasteiger partial charge >= 0.3 is 0 Å². The summed E-state index contributed by atoms with van der Waals surface area (Å²) < 4.78 is 24.3. The van der Waals surface area contributed by atoms with E-state index in [0.29, 0.717) is 44.2 Å². The first-order valence-corrected chi connectivity index (χ1v) is 11.1. The van der Waals surface area contributed by atoms with E-state index in [2.05, 4.69) is 22.0 Å². The quantitative estimate of drug-likeness (QED) is 0.520. The highest BCUT2D eigenvalue weighted by Crippen LogP contribution is 2.20. The fourth-order valence-corrected chi connectivity index (χ4v) is 3.54. The van der Waals surface area contributed by atoms with Crippen LogP contribution >= 0.6 is 0 Å². The van der Waals surface area contributed by atoms with Gasteiger partial charge in [-0.15, -0.1) is 10.2 Å². The number of hydrogen-bond acceptors (Lipinski definition) is 6. The van der Waals surface area contributed by atoms with Crippen LogP contribution in [0.15, 0.2) is 60.7 Å². The molecule has 1 aromatic heterocycles. The van der Waals surface area contributed by atoms with Gasteiger partial charge in [0.1, 0.15) is 17.3 Å². The predicted octanol–water partition coefficient (Wildman–Crippen LogP) is 3.80. The summed E-state index contributed by atoms with van der Waals surface area (Å²) in [4.78, 5) is 16.5. The molecule has 2 aromatic carbocycles. The number of halogens is 1. The number of benzene rings is 2. The molecule has 1 aliphatic rings. The Morgan fingerprint density at radius 3 is 2.15 bits per heavy atom. The average Bonchev–Trinajstić information content (AvgIpc) is 2.87. The fourth-order valence-electron chi connectivity index (χ4n) is 3.54. The van der Waals surface area contributed by atoms with Crippen LogP contribution in [0, 0.1) is 5.82 Å². The van der Waals surface area contributed by atoms with E-state index in [-0.39, 0.29) is 18.3 Å². The van der Waals surface area contributed by atoms with E-state index < -0.39 is 0 Å². The van der Waals surface area contributed by atoms with Crippen molar-refractivity contribution in [2.24, 2.45) is 0 Å². The molecule has 3 aromatic rings. The Hall–Kier alpha value is -3.68. The lowest BCUT2D eigenvalue weighted by atomic mass is 10.1. The van der Waals surface area contributed by atoms with Crippen molar-refractivity contribution >= 4 is 11.7 Å². The first-order valence-electron chi connectivity index (χ1n) is 11.1. The van der Waals surface area contributed by atoms with Crippen LogP contribution in [0.5, 0.6) is 11.5 Å². The van der Waals surface area contributed by atoms with Gasteiger partial charge in [-0.1, -0.05) is 6.92 Å². The van der Waals surface area contributed by atoms with Crippen molar-refractivity contribution < 1.29 is 18.7 Å². The number of ether oxygens (including phenoxy) is 2. The van der Waals surface area contributed by atoms with E-state index in [4.69, 9.17) is 9.47 Å². The average molecular weight is 451 g/mol. The van der Waals surface area contributed by atoms with Gasteiger partial charge in [0.2, 0.25) is 0 Å². The number of carbonyl (C=O) groups is 1. The molecule has 8 heteroatoms. The maximum absolute atomic E-state index is 13.1. The number of anilines is 1. The fraction of sp³-hybridized carbons (Fsp3) is 0.320. The van der Waals surface area contributed by atoms with Gasteiger partial charge in [0, 0.05) is 31.7 Å². The minimum atomic E-state index is -0.281. The summed E-state index contributed by atoms with van der Waals surface area (Å²) in [6.07, 6.45) is 0.952. The van der Waals surface area contributed by atoms with Crippen molar-refractivity contribution in [3.8, 4) is 22.8 Å². The second kappa shape index (κ2) is 10.8. The number of amides is 1. The van der Waals surface area contributed by atoms with Crippen LogP contribution < -0.4 is 14.4 Å². The van der Waals surface area contributed by atoms with Gasteiger partial charge in [-0.3, -0.25) is 4.79 Å². The summed E-state index contributed by atoms with van der Waals surface area (Å²) in [6.45, 7) is 5.25. The monoisotopic (exact) mass is 450 g/mol. The molecular formula is C25H27FN4O3. The van der Waals surface area contributed by atoms with E-state index in [0.717, 1.165) is 23.6 Å². The van der Waals surface area contributed by atoms with E-state index >= 15 is 0 Å². The minimum absolute atomic E-state index is 0.00133. The van der Waals surface area contributed by atoms with Crippen LogP contribution in [0.2, 0.25) is 0 Å². The molecule has 2 heterocycles. The molecule has 0 atom stereocenters. The van der Waals surface area contributed by atoms with Crippen LogP contribution in [-0.2, 0) is 4.79 Å². The molecule has 4 rings (SSSR count). The van der Waals surface area contributed by atoms with Gasteiger partial charge in [-0.25, -0.2) is 4.39 Å². The normalized spacial score (nSPS) is 13.6. The largest absolute Gasteiger partial charge is 0.494 e. The standard InChI is InChI=1S/C25H27FN4O3/c1-2-17-32-21-7-9-22(10-8-21)33-18-25(31)30-15-13-29(14-16-30)24-12-11-23(27-28-24)19-3-5-20(26)6-4-19/h3-12H,2,13-18H2,1H3. The van der Waals surface area contributed by atoms with Crippen molar-refractivity contribution in [1.29, 1.82) is 0 Å². The number of carbonyl (C=O) groups excluding carboxylic acids is 1. The SMILES string of the molecule is CCCOc1ccc(OCC(=O)N2CCN(c3ccc(-c4ccc(F)cc4)nn3)CC2)cc1. The van der Waals surface area contributed by atoms with Crippen molar-refractivity contribution in [3.05, 3.63) is 66.5 Å². The van der Waals surface area contributed by atoms with Crippen LogP contribution in [0.4, 0.5) is 10.2 Å². The lowest BCUT2D eigenvalue weighted by molar-refractivity contribution is -0.133. The Morgan fingerprint density at radius 2 is 1.55 bits per heavy atom. The third-order valence-electron chi connectivity index (χ3n) is 5.41. The summed E-state index contributed by atoms with van der Waals surface area (Å²) in [5.41, 5.74) is 1.50. The predicted molar refractivity (Wildman–Crippen MR) is 124 cm³/mol. The van der Waals surface area contributed by atoms with Crippen molar-refractivity contribution in [2.45, 2.75) is 13.3 Å². The van der Waals surface area contributed by atoms with Crippen LogP contribution in [0.1, 0.15) is 13.3 Å². The number of rotatable bonds is 8. The van der Waals surface area contributed by atoms with Crippen LogP contribution in [-0.4, -0.2) is 60.4 Å². The van der Waals surface area contributed by atoms with Gasteiger partial charge in [0.15, 0.2) is 12.4 Å². The molecule has 1 fully saturated rings. The van der Waals surface area contributed by atoms with Crippen molar-refractivity contribution in [3.63, 3.8) is 0 Å². The minimum Gasteiger partial charge on any atom is -0.494 e. The first-order chi connectivity index (χ1) is 16.1. The Morgan fingerprint density at radius 1 is 0.879 bits per heavy atom. The van der Waals surface area contributed by atoms with Crippen LogP contribution in [0.25, 0.3) is 11.3 Å². The van der Waals surface area contributed by atoms with E-state index in [1.54, 1.807) is 17.0 Å². The molecule has 1 aliphatic heterocycles. The molecule has 0 unspecified atom stereocenters. The van der Waals surface area contributed by atoms with Crippen molar-refractivity contribution in [2.75, 3.05) is 44.3 Å². The third-order valence-corrected chi connectivity index (χ3v) is 5.41. The van der Waals surface area contributed by atoms with Crippen LogP contribution in [0.3, 0.4) is 0 Å². The zero-order chi connectivity index (χ0) is 23.0. The number of hydrogen-bond donors (Lipinski definition) is 0. The molecule has 0 aliphatic carbocycles. The molecule has 0 radical (unpaired) electrons. The molecule has 7 nitrogen and oxygen atoms in total. The summed E-state index contributed by atoms with van der Waals surface area (Å²) in [5.74, 6) is 1.87. The lowest BCUT2D eigenvalue weighted by Crippen LogP contribution is -2.50. The highest BCUT2D eigenvalue weighted by molar-refractivity contribution is 5.78. The molecule has 0 saturated carbocycles. The van der Waals surface area contributed by atoms with Gasteiger partial charge in [-0.05, 0) is 67.1 Å². The van der Waals surface area contributed by atoms with Gasteiger partial charge in [0.05, 0.1) is 12.3 Å². The Bertz CT molecular complexity index is 1030. The third kappa shape index (κ3) is 5.97. The van der Waals surface area contributed by atoms with Crippen molar-refractivity contribution in [1.82, 2.24) is 15.1 Å². The zero-order valence-electron chi connectivity index (χ0n) is 18.6. The summed E-state index contributed by atoms with van der Waals surface area (Å²) >= 11 is 0. The molecule has 0 spiro atoms. The lowest BCUT2D eigenvalue weighted by Gasteiger charge is -2.35. The summed E-state index contributed by atoms with van der Waals surface area (Å²) in [5, 5.41) is 8.59. The molecule has 33 heavy (non-hydrogen) atoms. The number of nitrogens with zero attached hydrogens (tertiary/aromatic N) is 4. The summed E-state index contributed by atoms with van der Waals surface area (Å²) in [6, 6.07) is 17.3. The molecule has 172 valence electrons. The second-order valence-corrected chi connectivity index (χ2v) is 7.76. The molecule has 0 bridgehead atoms. The zero-order valence-corrected chi connectivity index (χ0v) is 18.6. The Balaban J connectivity index is 1.24. The van der Waals surface area contributed by atoms with Gasteiger partial charge in [0.25, 0.3) is 5.91 Å². The second-order valence-electron chi connectivity index (χ2n) is 7.76. The highest BCUT2D eigenvalue weighted by Gasteiger charge is 2.22.